The monoisotopic (exact) mass is 332 g/mol. The third kappa shape index (κ3) is 3.09. The lowest BCUT2D eigenvalue weighted by Gasteiger charge is -2.08. The van der Waals surface area contributed by atoms with Crippen molar-refractivity contribution < 1.29 is 4.92 Å². The minimum Gasteiger partial charge on any atom is -0.399 e. The summed E-state index contributed by atoms with van der Waals surface area (Å²) in [6.45, 7) is 0. The van der Waals surface area contributed by atoms with Gasteiger partial charge >= 0.3 is 0 Å². The van der Waals surface area contributed by atoms with Gasteiger partial charge < -0.3 is 10.7 Å². The Bertz CT molecular complexity index is 1050. The lowest BCUT2D eigenvalue weighted by atomic mass is 9.99. The van der Waals surface area contributed by atoms with Gasteiger partial charge in [-0.25, -0.2) is 0 Å². The number of nitro benzene ring substituents is 1. The van der Waals surface area contributed by atoms with Crippen LogP contribution in [0.5, 0.6) is 0 Å². The number of H-pyrrole nitrogens is 1. The van der Waals surface area contributed by atoms with Crippen LogP contribution in [-0.4, -0.2) is 9.91 Å². The van der Waals surface area contributed by atoms with Crippen LogP contribution in [0.1, 0.15) is 5.56 Å². The zero-order valence-electron chi connectivity index (χ0n) is 12.9. The van der Waals surface area contributed by atoms with E-state index in [2.05, 4.69) is 4.98 Å². The maximum atomic E-state index is 12.3. The molecule has 3 N–H and O–H groups in total. The van der Waals surface area contributed by atoms with E-state index in [0.29, 0.717) is 22.5 Å². The molecule has 7 heteroatoms. The molecule has 0 fully saturated rings. The van der Waals surface area contributed by atoms with Gasteiger partial charge in [0.15, 0.2) is 0 Å². The number of aromatic nitrogens is 1. The summed E-state index contributed by atoms with van der Waals surface area (Å²) in [6.07, 6.45) is 0. The Balaban J connectivity index is 2.18. The molecule has 0 aliphatic heterocycles. The fourth-order valence-corrected chi connectivity index (χ4v) is 2.48. The molecule has 0 saturated heterocycles. The van der Waals surface area contributed by atoms with Gasteiger partial charge in [-0.1, -0.05) is 12.1 Å². The molecular formula is C18H12N4O3. The quantitative estimate of drug-likeness (QED) is 0.433. The summed E-state index contributed by atoms with van der Waals surface area (Å²) in [6, 6.07) is 16.2. The third-order valence-electron chi connectivity index (χ3n) is 3.76. The summed E-state index contributed by atoms with van der Waals surface area (Å²) in [7, 11) is 0. The minimum atomic E-state index is -0.523. The lowest BCUT2D eigenvalue weighted by Crippen LogP contribution is -2.12. The average Bonchev–Trinajstić information content (AvgIpc) is 2.61. The first kappa shape index (κ1) is 16.0. The summed E-state index contributed by atoms with van der Waals surface area (Å²) < 4.78 is 0. The predicted octanol–water partition coefficient (Wildman–Crippen LogP) is 3.07. The second-order valence-corrected chi connectivity index (χ2v) is 5.34. The average molecular weight is 332 g/mol. The lowest BCUT2D eigenvalue weighted by molar-refractivity contribution is -0.384. The van der Waals surface area contributed by atoms with E-state index in [0.717, 1.165) is 5.56 Å². The zero-order chi connectivity index (χ0) is 18.0. The molecule has 0 aliphatic rings. The second kappa shape index (κ2) is 6.29. The summed E-state index contributed by atoms with van der Waals surface area (Å²) >= 11 is 0. The minimum absolute atomic E-state index is 0.0481. The first-order valence-corrected chi connectivity index (χ1v) is 7.28. The number of nitrogen functional groups attached to an aromatic ring is 1. The van der Waals surface area contributed by atoms with Gasteiger partial charge in [0.05, 0.1) is 4.92 Å². The number of anilines is 1. The molecular weight excluding hydrogens is 320 g/mol. The fraction of sp³-hybridized carbons (Fsp3) is 0. The van der Waals surface area contributed by atoms with Crippen molar-refractivity contribution in [3.8, 4) is 28.5 Å². The van der Waals surface area contributed by atoms with Crippen LogP contribution in [0.25, 0.3) is 22.4 Å². The van der Waals surface area contributed by atoms with E-state index in [1.807, 2.05) is 6.07 Å². The zero-order valence-corrected chi connectivity index (χ0v) is 12.9. The maximum absolute atomic E-state index is 12.3. The van der Waals surface area contributed by atoms with Crippen LogP contribution in [-0.2, 0) is 0 Å². The molecule has 25 heavy (non-hydrogen) atoms. The van der Waals surface area contributed by atoms with Crippen LogP contribution < -0.4 is 11.3 Å². The Morgan fingerprint density at radius 1 is 1.04 bits per heavy atom. The topological polar surface area (TPSA) is 126 Å². The largest absolute Gasteiger partial charge is 0.399 e. The molecule has 1 heterocycles. The van der Waals surface area contributed by atoms with Crippen molar-refractivity contribution in [2.24, 2.45) is 0 Å². The maximum Gasteiger partial charge on any atom is 0.269 e. The van der Waals surface area contributed by atoms with Crippen LogP contribution >= 0.6 is 0 Å². The molecule has 0 amide bonds. The van der Waals surface area contributed by atoms with Crippen molar-refractivity contribution in [2.75, 3.05) is 5.73 Å². The van der Waals surface area contributed by atoms with Crippen molar-refractivity contribution >= 4 is 11.4 Å². The number of nitrogens with two attached hydrogens (primary N) is 1. The van der Waals surface area contributed by atoms with Gasteiger partial charge in [-0.2, -0.15) is 5.26 Å². The number of aromatic amines is 1. The van der Waals surface area contributed by atoms with Crippen LogP contribution in [0.4, 0.5) is 11.4 Å². The number of pyridine rings is 1. The molecule has 0 bridgehead atoms. The van der Waals surface area contributed by atoms with Crippen molar-refractivity contribution in [2.45, 2.75) is 0 Å². The highest BCUT2D eigenvalue weighted by Crippen LogP contribution is 2.27. The van der Waals surface area contributed by atoms with E-state index >= 15 is 0 Å². The molecule has 3 aromatic rings. The summed E-state index contributed by atoms with van der Waals surface area (Å²) in [4.78, 5) is 25.2. The molecule has 0 unspecified atom stereocenters. The molecule has 0 spiro atoms. The third-order valence-corrected chi connectivity index (χ3v) is 3.76. The molecule has 122 valence electrons. The summed E-state index contributed by atoms with van der Waals surface area (Å²) in [5, 5.41) is 20.1. The number of hydrogen-bond acceptors (Lipinski definition) is 5. The fourth-order valence-electron chi connectivity index (χ4n) is 2.48. The molecule has 2 aromatic carbocycles. The van der Waals surface area contributed by atoms with Crippen molar-refractivity contribution in [1.29, 1.82) is 5.26 Å². The molecule has 0 atom stereocenters. The van der Waals surface area contributed by atoms with Crippen LogP contribution in [0.2, 0.25) is 0 Å². The van der Waals surface area contributed by atoms with Gasteiger partial charge in [-0.15, -0.1) is 0 Å². The number of nitro groups is 1. The van der Waals surface area contributed by atoms with E-state index in [4.69, 9.17) is 5.73 Å². The van der Waals surface area contributed by atoms with Crippen LogP contribution in [0.15, 0.2) is 59.4 Å². The molecule has 0 radical (unpaired) electrons. The summed E-state index contributed by atoms with van der Waals surface area (Å²) in [5.41, 5.74) is 7.84. The van der Waals surface area contributed by atoms with Crippen LogP contribution in [0, 0.1) is 21.4 Å². The molecule has 3 rings (SSSR count). The Kier molecular flexibility index (Phi) is 4.02. The highest BCUT2D eigenvalue weighted by Gasteiger charge is 2.14. The number of nitrogens with one attached hydrogen (secondary N) is 1. The SMILES string of the molecule is N#Cc1c(-c2ccc([N+](=O)[O-])cc2)cc(-c2ccc(N)cc2)[nH]c1=O. The van der Waals surface area contributed by atoms with Gasteiger partial charge in [-0.3, -0.25) is 14.9 Å². The Morgan fingerprint density at radius 2 is 1.64 bits per heavy atom. The first-order chi connectivity index (χ1) is 12.0. The van der Waals surface area contributed by atoms with Gasteiger partial charge in [-0.05, 0) is 41.5 Å². The Labute approximate surface area is 142 Å². The van der Waals surface area contributed by atoms with Gasteiger partial charge in [0.25, 0.3) is 11.2 Å². The van der Waals surface area contributed by atoms with Gasteiger partial charge in [0.2, 0.25) is 0 Å². The van der Waals surface area contributed by atoms with Crippen LogP contribution in [0.3, 0.4) is 0 Å². The molecule has 1 aromatic heterocycles. The van der Waals surface area contributed by atoms with E-state index in [1.165, 1.54) is 24.3 Å². The van der Waals surface area contributed by atoms with E-state index < -0.39 is 10.5 Å². The van der Waals surface area contributed by atoms with E-state index in [9.17, 15) is 20.2 Å². The number of hydrogen-bond donors (Lipinski definition) is 2. The highest BCUT2D eigenvalue weighted by molar-refractivity contribution is 5.76. The Morgan fingerprint density at radius 3 is 2.20 bits per heavy atom. The number of benzene rings is 2. The normalized spacial score (nSPS) is 10.2. The van der Waals surface area contributed by atoms with Crippen molar-refractivity contribution in [3.63, 3.8) is 0 Å². The van der Waals surface area contributed by atoms with Gasteiger partial charge in [0, 0.05) is 29.1 Å². The molecule has 7 nitrogen and oxygen atoms in total. The smallest absolute Gasteiger partial charge is 0.269 e. The van der Waals surface area contributed by atoms with Crippen molar-refractivity contribution in [3.05, 3.63) is 80.6 Å². The number of nitriles is 1. The van der Waals surface area contributed by atoms with Crippen molar-refractivity contribution in [1.82, 2.24) is 4.98 Å². The summed E-state index contributed by atoms with van der Waals surface area (Å²) in [5.74, 6) is 0. The number of non-ortho nitro benzene ring substituents is 1. The van der Waals surface area contributed by atoms with E-state index in [1.54, 1.807) is 30.3 Å². The molecule has 0 saturated carbocycles. The first-order valence-electron chi connectivity index (χ1n) is 7.28. The second-order valence-electron chi connectivity index (χ2n) is 5.34. The Hall–Kier alpha value is -3.92. The number of nitrogens with zero attached hydrogens (tertiary/aromatic N) is 2. The standard InChI is InChI=1S/C18H12N4O3/c19-10-16-15(11-3-7-14(8-4-11)22(24)25)9-17(21-18(16)23)12-1-5-13(20)6-2-12/h1-9H,20H2,(H,21,23). The molecule has 0 aliphatic carbocycles. The van der Waals surface area contributed by atoms with E-state index in [-0.39, 0.29) is 11.3 Å². The predicted molar refractivity (Wildman–Crippen MR) is 93.7 cm³/mol. The van der Waals surface area contributed by atoms with Gasteiger partial charge in [0.1, 0.15) is 11.6 Å². The number of rotatable bonds is 3. The highest BCUT2D eigenvalue weighted by atomic mass is 16.6.